The molecular weight excluding hydrogens is 248 g/mol. The van der Waals surface area contributed by atoms with Gasteiger partial charge < -0.3 is 9.47 Å². The van der Waals surface area contributed by atoms with Gasteiger partial charge in [0.1, 0.15) is 5.60 Å². The molecule has 1 atom stereocenters. The van der Waals surface area contributed by atoms with Crippen molar-refractivity contribution in [2.24, 2.45) is 23.7 Å². The molecule has 0 aromatic heterocycles. The molecule has 0 amide bonds. The van der Waals surface area contributed by atoms with E-state index in [4.69, 9.17) is 9.47 Å². The molecule has 2 heteroatoms. The summed E-state index contributed by atoms with van der Waals surface area (Å²) in [5.41, 5.74) is 1.21. The molecule has 4 saturated carbocycles. The Balaban J connectivity index is 1.59. The van der Waals surface area contributed by atoms with Gasteiger partial charge in [-0.05, 0) is 55.8 Å². The zero-order valence-electron chi connectivity index (χ0n) is 12.0. The van der Waals surface area contributed by atoms with Crippen LogP contribution in [-0.2, 0) is 15.3 Å². The molecular formula is C18H22O2. The summed E-state index contributed by atoms with van der Waals surface area (Å²) in [5, 5.41) is 0. The van der Waals surface area contributed by atoms with Crippen LogP contribution in [0.15, 0.2) is 30.3 Å². The third-order valence-corrected chi connectivity index (χ3v) is 6.58. The Kier molecular flexibility index (Phi) is 2.15. The molecule has 6 rings (SSSR count). The maximum Gasteiger partial charge on any atom is 0.226 e. The van der Waals surface area contributed by atoms with E-state index in [1.165, 1.54) is 37.7 Å². The van der Waals surface area contributed by atoms with Crippen molar-refractivity contribution in [3.05, 3.63) is 35.9 Å². The van der Waals surface area contributed by atoms with Crippen molar-refractivity contribution >= 4 is 0 Å². The van der Waals surface area contributed by atoms with Crippen LogP contribution < -0.4 is 0 Å². The van der Waals surface area contributed by atoms with Crippen LogP contribution in [0.4, 0.5) is 0 Å². The van der Waals surface area contributed by atoms with Crippen LogP contribution in [0.25, 0.3) is 0 Å². The summed E-state index contributed by atoms with van der Waals surface area (Å²) in [4.78, 5) is 0. The Hall–Kier alpha value is -0.860. The first kappa shape index (κ1) is 11.8. The van der Waals surface area contributed by atoms with E-state index in [1.54, 1.807) is 0 Å². The average molecular weight is 270 g/mol. The second-order valence-electron chi connectivity index (χ2n) is 7.39. The van der Waals surface area contributed by atoms with Crippen LogP contribution >= 0.6 is 0 Å². The van der Waals surface area contributed by atoms with Crippen molar-refractivity contribution in [1.29, 1.82) is 0 Å². The lowest BCUT2D eigenvalue weighted by molar-refractivity contribution is -0.0665. The lowest BCUT2D eigenvalue weighted by atomic mass is 9.50. The van der Waals surface area contributed by atoms with Gasteiger partial charge in [0.05, 0.1) is 0 Å². The van der Waals surface area contributed by atoms with Gasteiger partial charge in [-0.25, -0.2) is 0 Å². The molecule has 1 aromatic rings. The lowest BCUT2D eigenvalue weighted by Crippen LogP contribution is -2.53. The van der Waals surface area contributed by atoms with Gasteiger partial charge >= 0.3 is 0 Å². The van der Waals surface area contributed by atoms with E-state index < -0.39 is 5.79 Å². The topological polar surface area (TPSA) is 21.8 Å². The van der Waals surface area contributed by atoms with Gasteiger partial charge in [-0.1, -0.05) is 30.3 Å². The van der Waals surface area contributed by atoms with Crippen LogP contribution in [0.1, 0.15) is 37.7 Å². The van der Waals surface area contributed by atoms with Gasteiger partial charge in [-0.15, -0.1) is 0 Å². The quantitative estimate of drug-likeness (QED) is 0.764. The summed E-state index contributed by atoms with van der Waals surface area (Å²) in [7, 11) is 1.83. The number of methoxy groups -OCH3 is 1. The standard InChI is InChI=1S/C18H22O2/c1-19-18(14-5-3-2-4-6-14)17(20-18)15-8-12-7-13(10-15)11-16(17)9-12/h2-6,12-13,15-16H,7-11H2,1H3. The molecule has 5 aliphatic rings. The minimum absolute atomic E-state index is 0.00345. The number of rotatable bonds is 2. The Morgan fingerprint density at radius 2 is 1.55 bits per heavy atom. The highest BCUT2D eigenvalue weighted by Crippen LogP contribution is 2.74. The van der Waals surface area contributed by atoms with E-state index in [1.807, 2.05) is 7.11 Å². The maximum absolute atomic E-state index is 6.48. The molecule has 1 unspecified atom stereocenters. The lowest BCUT2D eigenvalue weighted by Gasteiger charge is -2.54. The number of epoxide rings is 1. The fourth-order valence-electron chi connectivity index (χ4n) is 6.06. The monoisotopic (exact) mass is 270 g/mol. The molecule has 1 saturated heterocycles. The summed E-state index contributed by atoms with van der Waals surface area (Å²) >= 11 is 0. The summed E-state index contributed by atoms with van der Waals surface area (Å²) in [5.74, 6) is 2.93. The molecule has 0 N–H and O–H groups in total. The van der Waals surface area contributed by atoms with E-state index in [0.717, 1.165) is 23.7 Å². The predicted octanol–water partition coefficient (Wildman–Crippen LogP) is 3.71. The SMILES string of the molecule is COC1(c2ccccc2)OC12C1CC3CC(C1)CC2C3. The summed E-state index contributed by atoms with van der Waals surface area (Å²) < 4.78 is 12.5. The first-order valence-electron chi connectivity index (χ1n) is 8.09. The summed E-state index contributed by atoms with van der Waals surface area (Å²) in [6.45, 7) is 0. The minimum atomic E-state index is -0.448. The fourth-order valence-corrected chi connectivity index (χ4v) is 6.06. The molecule has 0 radical (unpaired) electrons. The van der Waals surface area contributed by atoms with Crippen LogP contribution in [0.5, 0.6) is 0 Å². The average Bonchev–Trinajstić information content (AvgIpc) is 3.17. The molecule has 1 spiro atoms. The molecule has 106 valence electrons. The van der Waals surface area contributed by atoms with Gasteiger partial charge in [0.2, 0.25) is 5.79 Å². The van der Waals surface area contributed by atoms with E-state index in [-0.39, 0.29) is 5.60 Å². The first-order chi connectivity index (χ1) is 9.78. The second-order valence-corrected chi connectivity index (χ2v) is 7.39. The van der Waals surface area contributed by atoms with Crippen molar-refractivity contribution in [2.45, 2.75) is 43.5 Å². The van der Waals surface area contributed by atoms with Crippen molar-refractivity contribution in [1.82, 2.24) is 0 Å². The highest BCUT2D eigenvalue weighted by molar-refractivity contribution is 5.35. The Morgan fingerprint density at radius 1 is 0.950 bits per heavy atom. The van der Waals surface area contributed by atoms with Crippen molar-refractivity contribution in [3.8, 4) is 0 Å². The summed E-state index contributed by atoms with van der Waals surface area (Å²) in [6, 6.07) is 10.6. The third-order valence-electron chi connectivity index (χ3n) is 6.58. The van der Waals surface area contributed by atoms with E-state index >= 15 is 0 Å². The van der Waals surface area contributed by atoms with E-state index in [2.05, 4.69) is 30.3 Å². The van der Waals surface area contributed by atoms with Gasteiger partial charge in [-0.3, -0.25) is 0 Å². The zero-order chi connectivity index (χ0) is 13.4. The Morgan fingerprint density at radius 3 is 2.10 bits per heavy atom. The molecule has 1 heterocycles. The number of hydrogen-bond donors (Lipinski definition) is 0. The number of hydrogen-bond acceptors (Lipinski definition) is 2. The minimum Gasteiger partial charge on any atom is -0.347 e. The molecule has 5 fully saturated rings. The van der Waals surface area contributed by atoms with Crippen LogP contribution in [0, 0.1) is 23.7 Å². The Bertz CT molecular complexity index is 510. The van der Waals surface area contributed by atoms with Gasteiger partial charge in [0.25, 0.3) is 0 Å². The molecule has 4 aliphatic carbocycles. The number of benzene rings is 1. The number of ether oxygens (including phenoxy) is 2. The van der Waals surface area contributed by atoms with Gasteiger partial charge in [0.15, 0.2) is 0 Å². The van der Waals surface area contributed by atoms with Crippen molar-refractivity contribution < 1.29 is 9.47 Å². The van der Waals surface area contributed by atoms with Crippen LogP contribution in [0.3, 0.4) is 0 Å². The predicted molar refractivity (Wildman–Crippen MR) is 76.0 cm³/mol. The summed E-state index contributed by atoms with van der Waals surface area (Å²) in [6.07, 6.45) is 6.94. The van der Waals surface area contributed by atoms with Crippen LogP contribution in [0.2, 0.25) is 0 Å². The molecule has 1 aliphatic heterocycles. The van der Waals surface area contributed by atoms with Gasteiger partial charge in [-0.2, -0.15) is 0 Å². The van der Waals surface area contributed by atoms with Gasteiger partial charge in [0, 0.05) is 12.7 Å². The third kappa shape index (κ3) is 1.19. The first-order valence-corrected chi connectivity index (χ1v) is 8.09. The molecule has 1 aromatic carbocycles. The van der Waals surface area contributed by atoms with E-state index in [0.29, 0.717) is 0 Å². The highest BCUT2D eigenvalue weighted by Gasteiger charge is 2.81. The largest absolute Gasteiger partial charge is 0.347 e. The zero-order valence-corrected chi connectivity index (χ0v) is 12.0. The maximum atomic E-state index is 6.48. The van der Waals surface area contributed by atoms with Crippen LogP contribution in [-0.4, -0.2) is 12.7 Å². The normalized spacial score (nSPS) is 51.6. The highest BCUT2D eigenvalue weighted by atomic mass is 16.8. The fraction of sp³-hybridized carbons (Fsp3) is 0.667. The van der Waals surface area contributed by atoms with E-state index in [9.17, 15) is 0 Å². The smallest absolute Gasteiger partial charge is 0.226 e. The molecule has 2 nitrogen and oxygen atoms in total. The van der Waals surface area contributed by atoms with Crippen molar-refractivity contribution in [2.75, 3.05) is 7.11 Å². The molecule has 4 bridgehead atoms. The molecule has 20 heavy (non-hydrogen) atoms. The van der Waals surface area contributed by atoms with Crippen molar-refractivity contribution in [3.63, 3.8) is 0 Å². The second kappa shape index (κ2) is 3.66. The Labute approximate surface area is 120 Å².